The molecule has 156 valence electrons. The van der Waals surface area contributed by atoms with Crippen LogP contribution in [0.1, 0.15) is 54.0 Å². The number of thiazole rings is 1. The summed E-state index contributed by atoms with van der Waals surface area (Å²) in [6.45, 7) is 7.57. The molecular formula is C24H26N2O3S. The van der Waals surface area contributed by atoms with E-state index < -0.39 is 12.1 Å². The Bertz CT molecular complexity index is 1030. The van der Waals surface area contributed by atoms with E-state index in [2.05, 4.69) is 24.1 Å². The highest BCUT2D eigenvalue weighted by Gasteiger charge is 2.24. The monoisotopic (exact) mass is 422 g/mol. The minimum Gasteiger partial charge on any atom is -0.448 e. The number of carbonyl (C=O) groups is 2. The van der Waals surface area contributed by atoms with Crippen molar-refractivity contribution in [3.05, 3.63) is 70.7 Å². The molecule has 0 aliphatic heterocycles. The van der Waals surface area contributed by atoms with Crippen LogP contribution >= 0.6 is 11.3 Å². The number of anilines is 1. The van der Waals surface area contributed by atoms with Crippen molar-refractivity contribution >= 4 is 28.9 Å². The Morgan fingerprint density at radius 2 is 1.73 bits per heavy atom. The molecule has 2 atom stereocenters. The van der Waals surface area contributed by atoms with Crippen molar-refractivity contribution in [2.24, 2.45) is 0 Å². The van der Waals surface area contributed by atoms with Gasteiger partial charge in [-0.2, -0.15) is 0 Å². The van der Waals surface area contributed by atoms with E-state index in [-0.39, 0.29) is 5.91 Å². The van der Waals surface area contributed by atoms with Gasteiger partial charge in [0.2, 0.25) is 0 Å². The third-order valence-electron chi connectivity index (χ3n) is 5.02. The zero-order valence-corrected chi connectivity index (χ0v) is 18.5. The summed E-state index contributed by atoms with van der Waals surface area (Å²) in [7, 11) is 0. The Hall–Kier alpha value is -2.99. The maximum Gasteiger partial charge on any atom is 0.351 e. The molecule has 0 aliphatic rings. The highest BCUT2D eigenvalue weighted by atomic mass is 32.1. The zero-order valence-electron chi connectivity index (χ0n) is 17.6. The fourth-order valence-electron chi connectivity index (χ4n) is 3.05. The molecule has 5 nitrogen and oxygen atoms in total. The molecule has 0 spiro atoms. The van der Waals surface area contributed by atoms with Crippen LogP contribution in [0.5, 0.6) is 0 Å². The third-order valence-corrected chi connectivity index (χ3v) is 6.20. The van der Waals surface area contributed by atoms with Crippen molar-refractivity contribution in [1.82, 2.24) is 4.98 Å². The summed E-state index contributed by atoms with van der Waals surface area (Å²) in [5.74, 6) is -0.579. The number of amides is 1. The average molecular weight is 423 g/mol. The molecule has 1 aromatic heterocycles. The van der Waals surface area contributed by atoms with E-state index >= 15 is 0 Å². The number of para-hydroxylation sites is 1. The SMILES string of the molecule is CC[C@@H](C)c1ccccc1NC(=O)[C@H](C)OC(=O)c1sc(-c2ccccc2)nc1C. The second-order valence-corrected chi connectivity index (χ2v) is 8.23. The second kappa shape index (κ2) is 9.67. The molecule has 0 saturated heterocycles. The Balaban J connectivity index is 1.69. The number of hydrogen-bond acceptors (Lipinski definition) is 5. The van der Waals surface area contributed by atoms with Gasteiger partial charge in [-0.15, -0.1) is 11.3 Å². The van der Waals surface area contributed by atoms with Crippen LogP contribution in [-0.2, 0) is 9.53 Å². The van der Waals surface area contributed by atoms with Crippen LogP contribution in [0.15, 0.2) is 54.6 Å². The van der Waals surface area contributed by atoms with Crippen molar-refractivity contribution in [3.63, 3.8) is 0 Å². The van der Waals surface area contributed by atoms with Crippen molar-refractivity contribution in [1.29, 1.82) is 0 Å². The van der Waals surface area contributed by atoms with E-state index in [1.807, 2.05) is 54.6 Å². The molecule has 2 aromatic carbocycles. The van der Waals surface area contributed by atoms with Crippen LogP contribution in [0, 0.1) is 6.92 Å². The molecule has 30 heavy (non-hydrogen) atoms. The number of benzene rings is 2. The maximum absolute atomic E-state index is 12.7. The van der Waals surface area contributed by atoms with E-state index in [0.29, 0.717) is 16.5 Å². The average Bonchev–Trinajstić information content (AvgIpc) is 3.16. The number of esters is 1. The molecule has 0 bridgehead atoms. The highest BCUT2D eigenvalue weighted by molar-refractivity contribution is 7.17. The minimum absolute atomic E-state index is 0.315. The zero-order chi connectivity index (χ0) is 21.7. The van der Waals surface area contributed by atoms with Gasteiger partial charge in [-0.3, -0.25) is 4.79 Å². The van der Waals surface area contributed by atoms with Crippen LogP contribution in [0.2, 0.25) is 0 Å². The number of nitrogens with one attached hydrogen (secondary N) is 1. The first-order valence-electron chi connectivity index (χ1n) is 10.0. The van der Waals surface area contributed by atoms with Gasteiger partial charge in [0.1, 0.15) is 9.88 Å². The van der Waals surface area contributed by atoms with Crippen molar-refractivity contribution in [3.8, 4) is 10.6 Å². The van der Waals surface area contributed by atoms with Gasteiger partial charge in [-0.1, -0.05) is 62.4 Å². The number of rotatable bonds is 7. The van der Waals surface area contributed by atoms with Crippen LogP contribution in [0.4, 0.5) is 5.69 Å². The maximum atomic E-state index is 12.7. The Labute approximate surface area is 181 Å². The lowest BCUT2D eigenvalue weighted by molar-refractivity contribution is -0.123. The molecule has 1 amide bonds. The van der Waals surface area contributed by atoms with Gasteiger partial charge in [-0.05, 0) is 37.8 Å². The number of ether oxygens (including phenoxy) is 1. The van der Waals surface area contributed by atoms with E-state index in [0.717, 1.165) is 28.2 Å². The fraction of sp³-hybridized carbons (Fsp3) is 0.292. The molecule has 3 rings (SSSR count). The molecule has 0 aliphatic carbocycles. The summed E-state index contributed by atoms with van der Waals surface area (Å²) >= 11 is 1.27. The van der Waals surface area contributed by atoms with Gasteiger partial charge in [0.15, 0.2) is 6.10 Å². The predicted octanol–water partition coefficient (Wildman–Crippen LogP) is 5.82. The van der Waals surface area contributed by atoms with Crippen molar-refractivity contribution < 1.29 is 14.3 Å². The number of aryl methyl sites for hydroxylation is 1. The molecule has 0 fully saturated rings. The van der Waals surface area contributed by atoms with Crippen LogP contribution in [0.3, 0.4) is 0 Å². The summed E-state index contributed by atoms with van der Waals surface area (Å²) in [6, 6.07) is 17.4. The summed E-state index contributed by atoms with van der Waals surface area (Å²) in [4.78, 5) is 30.2. The Morgan fingerprint density at radius 3 is 2.43 bits per heavy atom. The summed E-state index contributed by atoms with van der Waals surface area (Å²) in [5.41, 5.74) is 3.36. The molecule has 1 heterocycles. The molecular weight excluding hydrogens is 396 g/mol. The van der Waals surface area contributed by atoms with Crippen LogP contribution in [0.25, 0.3) is 10.6 Å². The first-order valence-corrected chi connectivity index (χ1v) is 10.9. The standard InChI is InChI=1S/C24H26N2O3S/c1-5-15(2)19-13-9-10-14-20(19)26-22(27)17(4)29-24(28)21-16(3)25-23(30-21)18-11-7-6-8-12-18/h6-15,17H,5H2,1-4H3,(H,26,27)/t15-,17+/m1/s1. The van der Waals surface area contributed by atoms with Crippen LogP contribution < -0.4 is 5.32 Å². The summed E-state index contributed by atoms with van der Waals surface area (Å²) < 4.78 is 5.45. The van der Waals surface area contributed by atoms with E-state index in [1.165, 1.54) is 11.3 Å². The van der Waals surface area contributed by atoms with Gasteiger partial charge in [0.05, 0.1) is 5.69 Å². The third kappa shape index (κ3) is 4.94. The van der Waals surface area contributed by atoms with E-state index in [1.54, 1.807) is 13.8 Å². The lowest BCUT2D eigenvalue weighted by Gasteiger charge is -2.18. The molecule has 0 saturated carbocycles. The molecule has 3 aromatic rings. The smallest absolute Gasteiger partial charge is 0.351 e. The van der Waals surface area contributed by atoms with E-state index in [4.69, 9.17) is 4.74 Å². The normalized spacial score (nSPS) is 12.8. The lowest BCUT2D eigenvalue weighted by Crippen LogP contribution is -2.30. The van der Waals surface area contributed by atoms with Crippen molar-refractivity contribution in [2.75, 3.05) is 5.32 Å². The first-order chi connectivity index (χ1) is 14.4. The van der Waals surface area contributed by atoms with Gasteiger partial charge in [-0.25, -0.2) is 9.78 Å². The van der Waals surface area contributed by atoms with Gasteiger partial charge in [0.25, 0.3) is 5.91 Å². The van der Waals surface area contributed by atoms with Gasteiger partial charge < -0.3 is 10.1 Å². The topological polar surface area (TPSA) is 68.3 Å². The number of nitrogens with zero attached hydrogens (tertiary/aromatic N) is 1. The lowest BCUT2D eigenvalue weighted by atomic mass is 9.97. The fourth-order valence-corrected chi connectivity index (χ4v) is 4.01. The predicted molar refractivity (Wildman–Crippen MR) is 121 cm³/mol. The summed E-state index contributed by atoms with van der Waals surface area (Å²) in [6.07, 6.45) is 0.0374. The molecule has 6 heteroatoms. The number of carbonyl (C=O) groups excluding carboxylic acids is 2. The van der Waals surface area contributed by atoms with Gasteiger partial charge in [0, 0.05) is 11.3 Å². The first kappa shape index (κ1) is 21.7. The second-order valence-electron chi connectivity index (χ2n) is 7.23. The largest absolute Gasteiger partial charge is 0.448 e. The molecule has 1 N–H and O–H groups in total. The summed E-state index contributed by atoms with van der Waals surface area (Å²) in [5, 5.41) is 3.65. The van der Waals surface area contributed by atoms with Crippen molar-refractivity contribution in [2.45, 2.75) is 46.1 Å². The Morgan fingerprint density at radius 1 is 1.07 bits per heavy atom. The number of hydrogen-bond donors (Lipinski definition) is 1. The molecule has 0 radical (unpaired) electrons. The molecule has 0 unspecified atom stereocenters. The van der Waals surface area contributed by atoms with Gasteiger partial charge >= 0.3 is 5.97 Å². The quantitative estimate of drug-likeness (QED) is 0.488. The Kier molecular flexibility index (Phi) is 7.00. The highest BCUT2D eigenvalue weighted by Crippen LogP contribution is 2.29. The van der Waals surface area contributed by atoms with Crippen LogP contribution in [-0.4, -0.2) is 23.0 Å². The number of aromatic nitrogens is 1. The van der Waals surface area contributed by atoms with E-state index in [9.17, 15) is 9.59 Å². The minimum atomic E-state index is -0.927.